The van der Waals surface area contributed by atoms with Crippen LogP contribution in [0.1, 0.15) is 13.3 Å². The highest BCUT2D eigenvalue weighted by molar-refractivity contribution is 6.29. The smallest absolute Gasteiger partial charge is 0.255 e. The number of nitriles is 1. The van der Waals surface area contributed by atoms with Crippen molar-refractivity contribution >= 4 is 23.2 Å². The van der Waals surface area contributed by atoms with Gasteiger partial charge in [-0.05, 0) is 6.92 Å². The van der Waals surface area contributed by atoms with Crippen LogP contribution in [0.4, 0.5) is 5.82 Å². The van der Waals surface area contributed by atoms with E-state index in [0.29, 0.717) is 17.4 Å². The van der Waals surface area contributed by atoms with Crippen molar-refractivity contribution in [2.24, 2.45) is 0 Å². The maximum absolute atomic E-state index is 8.71. The van der Waals surface area contributed by atoms with E-state index in [1.807, 2.05) is 18.9 Å². The van der Waals surface area contributed by atoms with Gasteiger partial charge in [-0.1, -0.05) is 11.6 Å². The second-order valence-corrected chi connectivity index (χ2v) is 4.12. The Labute approximate surface area is 103 Å². The fraction of sp³-hybridized carbons (Fsp3) is 0.400. The fourth-order valence-electron chi connectivity index (χ4n) is 1.51. The van der Waals surface area contributed by atoms with Crippen molar-refractivity contribution in [3.63, 3.8) is 0 Å². The summed E-state index contributed by atoms with van der Waals surface area (Å²) in [6, 6.07) is 3.91. The van der Waals surface area contributed by atoms with Crippen LogP contribution in [0.25, 0.3) is 5.78 Å². The zero-order valence-corrected chi connectivity index (χ0v) is 10.3. The first-order valence-corrected chi connectivity index (χ1v) is 5.47. The lowest BCUT2D eigenvalue weighted by atomic mass is 10.2. The third-order valence-corrected chi connectivity index (χ3v) is 2.80. The van der Waals surface area contributed by atoms with E-state index in [2.05, 4.69) is 21.1 Å². The van der Waals surface area contributed by atoms with Gasteiger partial charge in [-0.3, -0.25) is 0 Å². The summed E-state index contributed by atoms with van der Waals surface area (Å²) in [5.41, 5.74) is 0. The number of anilines is 1. The van der Waals surface area contributed by atoms with Crippen molar-refractivity contribution < 1.29 is 0 Å². The van der Waals surface area contributed by atoms with E-state index >= 15 is 0 Å². The molecule has 0 aliphatic carbocycles. The Kier molecular flexibility index (Phi) is 3.11. The highest BCUT2D eigenvalue weighted by Crippen LogP contribution is 2.20. The molecule has 0 spiro atoms. The van der Waals surface area contributed by atoms with Crippen molar-refractivity contribution in [1.82, 2.24) is 19.6 Å². The number of halogens is 1. The molecule has 0 fully saturated rings. The average molecular weight is 251 g/mol. The molecular weight excluding hydrogens is 240 g/mol. The Morgan fingerprint density at radius 1 is 1.65 bits per heavy atom. The number of rotatable bonds is 3. The molecule has 1 atom stereocenters. The summed E-state index contributed by atoms with van der Waals surface area (Å²) in [7, 11) is 1.88. The van der Waals surface area contributed by atoms with Gasteiger partial charge in [0.1, 0.15) is 17.3 Å². The Hall–Kier alpha value is -1.87. The van der Waals surface area contributed by atoms with E-state index < -0.39 is 0 Å². The number of fused-ring (bicyclic) bond motifs is 1. The molecule has 17 heavy (non-hydrogen) atoms. The molecule has 0 aliphatic rings. The fourth-order valence-corrected chi connectivity index (χ4v) is 1.69. The summed E-state index contributed by atoms with van der Waals surface area (Å²) in [5.74, 6) is 1.21. The Balaban J connectivity index is 2.47. The van der Waals surface area contributed by atoms with Crippen molar-refractivity contribution in [2.75, 3.05) is 11.9 Å². The SMILES string of the molecule is CC(CC#N)N(C)c1cc(Cl)nc2ncnn12. The zero-order valence-electron chi connectivity index (χ0n) is 9.50. The Morgan fingerprint density at radius 3 is 3.12 bits per heavy atom. The molecule has 0 bridgehead atoms. The molecule has 0 amide bonds. The molecule has 2 heterocycles. The summed E-state index contributed by atoms with van der Waals surface area (Å²) in [6.07, 6.45) is 1.84. The number of nitrogens with zero attached hydrogens (tertiary/aromatic N) is 6. The minimum atomic E-state index is 0.0610. The van der Waals surface area contributed by atoms with E-state index in [0.717, 1.165) is 5.82 Å². The van der Waals surface area contributed by atoms with E-state index in [-0.39, 0.29) is 6.04 Å². The van der Waals surface area contributed by atoms with Gasteiger partial charge in [0.05, 0.1) is 12.5 Å². The predicted octanol–water partition coefficient (Wildman–Crippen LogP) is 1.52. The van der Waals surface area contributed by atoms with Crippen LogP contribution < -0.4 is 4.90 Å². The summed E-state index contributed by atoms with van der Waals surface area (Å²) in [6.45, 7) is 1.96. The molecule has 2 rings (SSSR count). The van der Waals surface area contributed by atoms with Crippen LogP contribution >= 0.6 is 11.6 Å². The highest BCUT2D eigenvalue weighted by atomic mass is 35.5. The lowest BCUT2D eigenvalue weighted by Crippen LogP contribution is -2.30. The molecule has 0 N–H and O–H groups in total. The first-order valence-electron chi connectivity index (χ1n) is 5.09. The molecule has 7 heteroatoms. The van der Waals surface area contributed by atoms with Crippen molar-refractivity contribution in [2.45, 2.75) is 19.4 Å². The first-order chi connectivity index (χ1) is 8.13. The summed E-state index contributed by atoms with van der Waals surface area (Å²) in [4.78, 5) is 9.97. The summed E-state index contributed by atoms with van der Waals surface area (Å²) >= 11 is 5.92. The largest absolute Gasteiger partial charge is 0.356 e. The van der Waals surface area contributed by atoms with Crippen molar-refractivity contribution in [3.8, 4) is 6.07 Å². The van der Waals surface area contributed by atoms with Gasteiger partial charge < -0.3 is 4.90 Å². The Bertz CT molecular complexity index is 572. The number of aromatic nitrogens is 4. The van der Waals surface area contributed by atoms with Gasteiger partial charge in [-0.15, -0.1) is 0 Å². The predicted molar refractivity (Wildman–Crippen MR) is 63.9 cm³/mol. The van der Waals surface area contributed by atoms with Crippen LogP contribution in [0.3, 0.4) is 0 Å². The molecule has 0 radical (unpaired) electrons. The van der Waals surface area contributed by atoms with Crippen LogP contribution in [-0.2, 0) is 0 Å². The van der Waals surface area contributed by atoms with Crippen LogP contribution in [-0.4, -0.2) is 32.7 Å². The zero-order chi connectivity index (χ0) is 12.4. The van der Waals surface area contributed by atoms with Crippen molar-refractivity contribution in [3.05, 3.63) is 17.5 Å². The molecule has 2 aromatic rings. The first kappa shape index (κ1) is 11.6. The van der Waals surface area contributed by atoms with Crippen LogP contribution in [0.5, 0.6) is 0 Å². The summed E-state index contributed by atoms with van der Waals surface area (Å²) in [5, 5.41) is 13.2. The number of hydrogen-bond acceptors (Lipinski definition) is 5. The molecule has 2 aromatic heterocycles. The van der Waals surface area contributed by atoms with E-state index in [1.54, 1.807) is 10.6 Å². The van der Waals surface area contributed by atoms with Gasteiger partial charge in [0.15, 0.2) is 0 Å². The summed E-state index contributed by atoms with van der Waals surface area (Å²) < 4.78 is 1.60. The van der Waals surface area contributed by atoms with Gasteiger partial charge in [-0.25, -0.2) is 0 Å². The van der Waals surface area contributed by atoms with E-state index in [1.165, 1.54) is 6.33 Å². The van der Waals surface area contributed by atoms with E-state index in [9.17, 15) is 0 Å². The molecule has 0 saturated carbocycles. The van der Waals surface area contributed by atoms with Gasteiger partial charge >= 0.3 is 0 Å². The van der Waals surface area contributed by atoms with Gasteiger partial charge in [-0.2, -0.15) is 24.8 Å². The highest BCUT2D eigenvalue weighted by Gasteiger charge is 2.15. The third-order valence-electron chi connectivity index (χ3n) is 2.61. The molecular formula is C10H11ClN6. The third kappa shape index (κ3) is 2.15. The monoisotopic (exact) mass is 250 g/mol. The van der Waals surface area contributed by atoms with Crippen LogP contribution in [0, 0.1) is 11.3 Å². The minimum absolute atomic E-state index is 0.0610. The van der Waals surface area contributed by atoms with Crippen LogP contribution in [0.2, 0.25) is 5.15 Å². The molecule has 88 valence electrons. The van der Waals surface area contributed by atoms with Gasteiger partial charge in [0, 0.05) is 19.2 Å². The van der Waals surface area contributed by atoms with Crippen molar-refractivity contribution in [1.29, 1.82) is 5.26 Å². The normalized spacial score (nSPS) is 12.4. The second-order valence-electron chi connectivity index (χ2n) is 3.73. The molecule has 6 nitrogen and oxygen atoms in total. The molecule has 1 unspecified atom stereocenters. The minimum Gasteiger partial charge on any atom is -0.356 e. The quantitative estimate of drug-likeness (QED) is 0.773. The average Bonchev–Trinajstić information content (AvgIpc) is 2.75. The van der Waals surface area contributed by atoms with Gasteiger partial charge in [0.2, 0.25) is 0 Å². The Morgan fingerprint density at radius 2 is 2.41 bits per heavy atom. The topological polar surface area (TPSA) is 70.1 Å². The molecule has 0 aromatic carbocycles. The molecule has 0 saturated heterocycles. The lowest BCUT2D eigenvalue weighted by Gasteiger charge is -2.25. The van der Waals surface area contributed by atoms with Gasteiger partial charge in [0.25, 0.3) is 5.78 Å². The molecule has 0 aliphatic heterocycles. The maximum atomic E-state index is 8.71. The van der Waals surface area contributed by atoms with E-state index in [4.69, 9.17) is 16.9 Å². The number of hydrogen-bond donors (Lipinski definition) is 0. The van der Waals surface area contributed by atoms with Crippen LogP contribution in [0.15, 0.2) is 12.4 Å². The second kappa shape index (κ2) is 4.55. The lowest BCUT2D eigenvalue weighted by molar-refractivity contribution is 0.680. The maximum Gasteiger partial charge on any atom is 0.255 e. The standard InChI is InChI=1S/C10H11ClN6/c1-7(3-4-12)16(2)9-5-8(11)15-10-13-6-14-17(9)10/h5-7H,3H2,1-2H3.